The van der Waals surface area contributed by atoms with E-state index in [0.717, 1.165) is 12.0 Å². The van der Waals surface area contributed by atoms with E-state index in [4.69, 9.17) is 10.5 Å². The smallest absolute Gasteiger partial charge is 0.360 e. The second-order valence-electron chi connectivity index (χ2n) is 4.25. The molecule has 2 aromatic heterocycles. The molecule has 0 spiro atoms. The Balaban J connectivity index is 2.15. The number of esters is 1. The zero-order chi connectivity index (χ0) is 14.4. The number of ether oxygens (including phenoxy) is 1. The van der Waals surface area contributed by atoms with Gasteiger partial charge in [0, 0.05) is 25.4 Å². The summed E-state index contributed by atoms with van der Waals surface area (Å²) >= 11 is 0. The lowest BCUT2D eigenvalue weighted by Crippen LogP contribution is -2.15. The Labute approximate surface area is 116 Å². The molecule has 2 heterocycles. The molecule has 0 fully saturated rings. The zero-order valence-electron chi connectivity index (χ0n) is 11.3. The summed E-state index contributed by atoms with van der Waals surface area (Å²) < 4.78 is 6.39. The molecule has 0 unspecified atom stereocenters. The Bertz CT molecular complexity index is 567. The van der Waals surface area contributed by atoms with Gasteiger partial charge in [0.25, 0.3) is 0 Å². The highest BCUT2D eigenvalue weighted by atomic mass is 16.5. The molecular formula is C13H17N5O2. The second kappa shape index (κ2) is 6.76. The van der Waals surface area contributed by atoms with Crippen molar-refractivity contribution in [3.8, 4) is 0 Å². The molecule has 0 saturated carbocycles. The SMILES string of the molecule is COC(=O)c1nnn(CCc2cccnc2)c1CCN. The molecule has 0 radical (unpaired) electrons. The number of aryl methyl sites for hydroxylation is 2. The molecule has 0 saturated heterocycles. The van der Waals surface area contributed by atoms with Crippen LogP contribution in [0.3, 0.4) is 0 Å². The number of nitrogens with zero attached hydrogens (tertiary/aromatic N) is 4. The van der Waals surface area contributed by atoms with Crippen molar-refractivity contribution in [1.29, 1.82) is 0 Å². The van der Waals surface area contributed by atoms with E-state index in [1.165, 1.54) is 7.11 Å². The first-order valence-corrected chi connectivity index (χ1v) is 6.36. The van der Waals surface area contributed by atoms with Crippen LogP contribution in [-0.2, 0) is 24.1 Å². The van der Waals surface area contributed by atoms with Crippen LogP contribution in [0.2, 0.25) is 0 Å². The molecule has 0 aromatic carbocycles. The molecule has 2 rings (SSSR count). The maximum Gasteiger partial charge on any atom is 0.360 e. The maximum absolute atomic E-state index is 11.6. The average molecular weight is 275 g/mol. The first-order valence-electron chi connectivity index (χ1n) is 6.36. The number of carbonyl (C=O) groups excluding carboxylic acids is 1. The molecule has 0 atom stereocenters. The van der Waals surface area contributed by atoms with Crippen LogP contribution in [0.5, 0.6) is 0 Å². The Hall–Kier alpha value is -2.28. The molecular weight excluding hydrogens is 258 g/mol. The third-order valence-electron chi connectivity index (χ3n) is 2.93. The summed E-state index contributed by atoms with van der Waals surface area (Å²) in [5.74, 6) is -0.485. The highest BCUT2D eigenvalue weighted by Gasteiger charge is 2.19. The van der Waals surface area contributed by atoms with Crippen LogP contribution in [-0.4, -0.2) is 39.6 Å². The molecule has 0 aliphatic carbocycles. The first-order chi connectivity index (χ1) is 9.76. The minimum atomic E-state index is -0.485. The van der Waals surface area contributed by atoms with Crippen molar-refractivity contribution in [1.82, 2.24) is 20.0 Å². The minimum absolute atomic E-state index is 0.240. The second-order valence-corrected chi connectivity index (χ2v) is 4.25. The number of methoxy groups -OCH3 is 1. The molecule has 2 N–H and O–H groups in total. The van der Waals surface area contributed by atoms with Crippen molar-refractivity contribution in [3.63, 3.8) is 0 Å². The van der Waals surface area contributed by atoms with Crippen LogP contribution in [0.15, 0.2) is 24.5 Å². The van der Waals surface area contributed by atoms with Gasteiger partial charge in [-0.05, 0) is 24.6 Å². The highest BCUT2D eigenvalue weighted by molar-refractivity contribution is 5.88. The zero-order valence-corrected chi connectivity index (χ0v) is 11.3. The van der Waals surface area contributed by atoms with Gasteiger partial charge in [-0.1, -0.05) is 11.3 Å². The maximum atomic E-state index is 11.6. The number of pyridine rings is 1. The molecule has 0 aliphatic rings. The van der Waals surface area contributed by atoms with Crippen LogP contribution in [0.1, 0.15) is 21.7 Å². The summed E-state index contributed by atoms with van der Waals surface area (Å²) in [6, 6.07) is 3.88. The lowest BCUT2D eigenvalue weighted by molar-refractivity contribution is 0.0592. The van der Waals surface area contributed by atoms with Crippen molar-refractivity contribution in [2.75, 3.05) is 13.7 Å². The van der Waals surface area contributed by atoms with E-state index in [9.17, 15) is 4.79 Å². The summed E-state index contributed by atoms with van der Waals surface area (Å²) in [5, 5.41) is 7.89. The van der Waals surface area contributed by atoms with Crippen LogP contribution < -0.4 is 5.73 Å². The molecule has 0 bridgehead atoms. The Kier molecular flexibility index (Phi) is 4.78. The van der Waals surface area contributed by atoms with Crippen molar-refractivity contribution < 1.29 is 9.53 Å². The predicted molar refractivity (Wildman–Crippen MR) is 72.1 cm³/mol. The minimum Gasteiger partial charge on any atom is -0.464 e. The van der Waals surface area contributed by atoms with Gasteiger partial charge in [-0.15, -0.1) is 5.10 Å². The summed E-state index contributed by atoms with van der Waals surface area (Å²) in [7, 11) is 1.32. The van der Waals surface area contributed by atoms with E-state index < -0.39 is 5.97 Å². The van der Waals surface area contributed by atoms with Crippen molar-refractivity contribution >= 4 is 5.97 Å². The van der Waals surface area contributed by atoms with E-state index in [-0.39, 0.29) is 5.69 Å². The van der Waals surface area contributed by atoms with Crippen LogP contribution in [0.25, 0.3) is 0 Å². The van der Waals surface area contributed by atoms with Gasteiger partial charge in [-0.2, -0.15) is 0 Å². The van der Waals surface area contributed by atoms with Crippen LogP contribution in [0.4, 0.5) is 0 Å². The third kappa shape index (κ3) is 3.18. The molecule has 2 aromatic rings. The fourth-order valence-electron chi connectivity index (χ4n) is 1.93. The summed E-state index contributed by atoms with van der Waals surface area (Å²) in [6.45, 7) is 1.04. The highest BCUT2D eigenvalue weighted by Crippen LogP contribution is 2.09. The number of aromatic nitrogens is 4. The van der Waals surface area contributed by atoms with Gasteiger partial charge in [-0.3, -0.25) is 4.98 Å². The Morgan fingerprint density at radius 3 is 2.95 bits per heavy atom. The predicted octanol–water partition coefficient (Wildman–Crippen LogP) is 0.204. The molecule has 7 nitrogen and oxygen atoms in total. The molecule has 0 amide bonds. The third-order valence-corrected chi connectivity index (χ3v) is 2.93. The summed E-state index contributed by atoms with van der Waals surface area (Å²) in [4.78, 5) is 15.7. The van der Waals surface area contributed by atoms with Crippen LogP contribution in [0, 0.1) is 0 Å². The van der Waals surface area contributed by atoms with Gasteiger partial charge in [-0.25, -0.2) is 9.48 Å². The average Bonchev–Trinajstić information content (AvgIpc) is 2.89. The largest absolute Gasteiger partial charge is 0.464 e. The number of rotatable bonds is 6. The molecule has 20 heavy (non-hydrogen) atoms. The Morgan fingerprint density at radius 2 is 2.30 bits per heavy atom. The summed E-state index contributed by atoms with van der Waals surface area (Å²) in [6.07, 6.45) is 4.83. The first kappa shape index (κ1) is 14.1. The fourth-order valence-corrected chi connectivity index (χ4v) is 1.93. The van der Waals surface area contributed by atoms with Gasteiger partial charge < -0.3 is 10.5 Å². The standard InChI is InChI=1S/C13H17N5O2/c1-20-13(19)12-11(4-6-14)18(17-16-12)8-5-10-3-2-7-15-9-10/h2-3,7,9H,4-6,8,14H2,1H3. The van der Waals surface area contributed by atoms with Gasteiger partial charge in [0.1, 0.15) is 0 Å². The van der Waals surface area contributed by atoms with Gasteiger partial charge in [0.05, 0.1) is 12.8 Å². The van der Waals surface area contributed by atoms with Gasteiger partial charge in [0.15, 0.2) is 5.69 Å². The van der Waals surface area contributed by atoms with E-state index in [0.29, 0.717) is 25.2 Å². The lowest BCUT2D eigenvalue weighted by Gasteiger charge is -2.06. The Morgan fingerprint density at radius 1 is 1.45 bits per heavy atom. The fraction of sp³-hybridized carbons (Fsp3) is 0.385. The van der Waals surface area contributed by atoms with E-state index in [1.807, 2.05) is 12.1 Å². The van der Waals surface area contributed by atoms with E-state index in [1.54, 1.807) is 17.1 Å². The van der Waals surface area contributed by atoms with Crippen molar-refractivity contribution in [3.05, 3.63) is 41.5 Å². The molecule has 7 heteroatoms. The number of nitrogens with two attached hydrogens (primary N) is 1. The quantitative estimate of drug-likeness (QED) is 0.757. The van der Waals surface area contributed by atoms with E-state index in [2.05, 4.69) is 15.3 Å². The number of hydrogen-bond acceptors (Lipinski definition) is 6. The molecule has 0 aliphatic heterocycles. The topological polar surface area (TPSA) is 95.9 Å². The van der Waals surface area contributed by atoms with Gasteiger partial charge in [0.2, 0.25) is 0 Å². The monoisotopic (exact) mass is 275 g/mol. The molecule has 106 valence electrons. The van der Waals surface area contributed by atoms with E-state index >= 15 is 0 Å². The van der Waals surface area contributed by atoms with Crippen molar-refractivity contribution in [2.45, 2.75) is 19.4 Å². The lowest BCUT2D eigenvalue weighted by atomic mass is 10.2. The van der Waals surface area contributed by atoms with Gasteiger partial charge >= 0.3 is 5.97 Å². The summed E-state index contributed by atoms with van der Waals surface area (Å²) in [5.41, 5.74) is 7.63. The number of hydrogen-bond donors (Lipinski definition) is 1. The van der Waals surface area contributed by atoms with Crippen LogP contribution >= 0.6 is 0 Å². The normalized spacial score (nSPS) is 10.5. The number of carbonyl (C=O) groups is 1. The van der Waals surface area contributed by atoms with Crippen molar-refractivity contribution in [2.24, 2.45) is 5.73 Å².